The van der Waals surface area contributed by atoms with Gasteiger partial charge in [0.15, 0.2) is 10.1 Å². The first-order valence-corrected chi connectivity index (χ1v) is 10.8. The maximum atomic E-state index is 12.8. The van der Waals surface area contributed by atoms with Crippen molar-refractivity contribution in [1.29, 1.82) is 0 Å². The number of carbonyl (C=O) groups excluding carboxylic acids is 1. The van der Waals surface area contributed by atoms with Crippen molar-refractivity contribution >= 4 is 34.1 Å². The van der Waals surface area contributed by atoms with Crippen LogP contribution in [0.5, 0.6) is 0 Å². The third kappa shape index (κ3) is 4.38. The van der Waals surface area contributed by atoms with Crippen LogP contribution in [0.1, 0.15) is 27.2 Å². The Morgan fingerprint density at radius 3 is 2.62 bits per heavy atom. The minimum Gasteiger partial charge on any atom is -0.355 e. The van der Waals surface area contributed by atoms with Gasteiger partial charge < -0.3 is 4.52 Å². The van der Waals surface area contributed by atoms with Crippen LogP contribution in [0.3, 0.4) is 0 Å². The van der Waals surface area contributed by atoms with Gasteiger partial charge in [0.05, 0.1) is 5.69 Å². The van der Waals surface area contributed by atoms with E-state index in [1.54, 1.807) is 18.7 Å². The molecule has 0 unspecified atom stereocenters. The Kier molecular flexibility index (Phi) is 5.73. The van der Waals surface area contributed by atoms with Crippen LogP contribution in [0.2, 0.25) is 0 Å². The first kappa shape index (κ1) is 19.4. The maximum absolute atomic E-state index is 12.8. The average Bonchev–Trinajstić information content (AvgIpc) is 3.34. The number of aryl methyl sites for hydroxylation is 2. The van der Waals surface area contributed by atoms with Gasteiger partial charge in [-0.25, -0.2) is 0 Å². The molecule has 1 amide bonds. The Hall–Kier alpha value is -2.97. The van der Waals surface area contributed by atoms with E-state index < -0.39 is 0 Å². The Bertz CT molecular complexity index is 1140. The minimum absolute atomic E-state index is 0.311. The summed E-state index contributed by atoms with van der Waals surface area (Å²) in [6, 6.07) is 17.7. The zero-order valence-corrected chi connectivity index (χ0v) is 17.5. The maximum Gasteiger partial charge on any atom is 0.263 e. The molecule has 2 aromatic carbocycles. The van der Waals surface area contributed by atoms with Gasteiger partial charge in [-0.05, 0) is 25.0 Å². The number of hydrogen-bond acceptors (Lipinski definition) is 7. The second kappa shape index (κ2) is 8.59. The number of amides is 1. The molecule has 0 saturated carbocycles. The molecule has 0 saturated heterocycles. The number of benzene rings is 2. The molecule has 0 aliphatic heterocycles. The molecular formula is C21H18N4O2S2. The van der Waals surface area contributed by atoms with Crippen molar-refractivity contribution in [2.45, 2.75) is 23.9 Å². The number of nitrogens with zero attached hydrogens (tertiary/aromatic N) is 3. The van der Waals surface area contributed by atoms with Crippen molar-refractivity contribution in [3.63, 3.8) is 0 Å². The van der Waals surface area contributed by atoms with Crippen LogP contribution in [-0.2, 0) is 5.75 Å². The van der Waals surface area contributed by atoms with Gasteiger partial charge in [0.25, 0.3) is 5.91 Å². The Labute approximate surface area is 176 Å². The molecule has 0 aliphatic rings. The molecule has 4 aromatic rings. The van der Waals surface area contributed by atoms with Gasteiger partial charge in [-0.1, -0.05) is 82.9 Å². The number of thioether (sulfide) groups is 1. The van der Waals surface area contributed by atoms with E-state index in [0.29, 0.717) is 22.1 Å². The SMILES string of the molecule is Cc1ccccc1CSc1nnc(NC(=O)c2c(C)noc2-c2ccccc2)s1. The summed E-state index contributed by atoms with van der Waals surface area (Å²) < 4.78 is 6.20. The highest BCUT2D eigenvalue weighted by Crippen LogP contribution is 2.31. The van der Waals surface area contributed by atoms with E-state index in [1.807, 2.05) is 42.5 Å². The first-order valence-electron chi connectivity index (χ1n) is 8.95. The molecule has 0 aliphatic carbocycles. The van der Waals surface area contributed by atoms with Gasteiger partial charge in [0.2, 0.25) is 5.13 Å². The topological polar surface area (TPSA) is 80.9 Å². The molecule has 2 aromatic heterocycles. The summed E-state index contributed by atoms with van der Waals surface area (Å²) in [6.07, 6.45) is 0. The van der Waals surface area contributed by atoms with E-state index in [9.17, 15) is 4.79 Å². The normalized spacial score (nSPS) is 10.8. The first-order chi connectivity index (χ1) is 14.1. The second-order valence-electron chi connectivity index (χ2n) is 6.38. The largest absolute Gasteiger partial charge is 0.355 e. The second-order valence-corrected chi connectivity index (χ2v) is 8.58. The zero-order valence-electron chi connectivity index (χ0n) is 15.9. The number of anilines is 1. The lowest BCUT2D eigenvalue weighted by atomic mass is 10.1. The Balaban J connectivity index is 1.46. The van der Waals surface area contributed by atoms with Gasteiger partial charge >= 0.3 is 0 Å². The van der Waals surface area contributed by atoms with E-state index in [0.717, 1.165) is 15.7 Å². The fourth-order valence-electron chi connectivity index (χ4n) is 2.81. The van der Waals surface area contributed by atoms with Gasteiger partial charge in [0.1, 0.15) is 5.56 Å². The number of hydrogen-bond donors (Lipinski definition) is 1. The highest BCUT2D eigenvalue weighted by atomic mass is 32.2. The van der Waals surface area contributed by atoms with Gasteiger partial charge in [-0.3, -0.25) is 10.1 Å². The molecule has 29 heavy (non-hydrogen) atoms. The fraction of sp³-hybridized carbons (Fsp3) is 0.143. The molecule has 146 valence electrons. The molecule has 0 spiro atoms. The molecule has 4 rings (SSSR count). The monoisotopic (exact) mass is 422 g/mol. The predicted molar refractivity (Wildman–Crippen MR) is 115 cm³/mol. The Morgan fingerprint density at radius 2 is 1.83 bits per heavy atom. The Morgan fingerprint density at radius 1 is 1.07 bits per heavy atom. The van der Waals surface area contributed by atoms with E-state index in [-0.39, 0.29) is 5.91 Å². The van der Waals surface area contributed by atoms with Crippen molar-refractivity contribution in [3.8, 4) is 11.3 Å². The number of aromatic nitrogens is 3. The summed E-state index contributed by atoms with van der Waals surface area (Å²) in [5.74, 6) is 0.937. The number of rotatable bonds is 6. The summed E-state index contributed by atoms with van der Waals surface area (Å²) in [5.41, 5.74) is 4.23. The lowest BCUT2D eigenvalue weighted by Gasteiger charge is -2.03. The van der Waals surface area contributed by atoms with Crippen molar-refractivity contribution < 1.29 is 9.32 Å². The fourth-order valence-corrected chi connectivity index (χ4v) is 4.64. The molecule has 1 N–H and O–H groups in total. The summed E-state index contributed by atoms with van der Waals surface area (Å²) in [6.45, 7) is 3.83. The third-order valence-electron chi connectivity index (χ3n) is 4.37. The van der Waals surface area contributed by atoms with Crippen LogP contribution < -0.4 is 5.32 Å². The standard InChI is InChI=1S/C21H18N4O2S2/c1-13-8-6-7-11-16(13)12-28-21-24-23-20(29-21)22-19(26)17-14(2)25-27-18(17)15-9-4-3-5-10-15/h3-11H,12H2,1-2H3,(H,22,23,26). The van der Waals surface area contributed by atoms with Crippen LogP contribution in [0.4, 0.5) is 5.13 Å². The average molecular weight is 423 g/mol. The number of carbonyl (C=O) groups is 1. The highest BCUT2D eigenvalue weighted by molar-refractivity contribution is 8.00. The molecule has 6 nitrogen and oxygen atoms in total. The molecule has 0 atom stereocenters. The van der Waals surface area contributed by atoms with E-state index in [2.05, 4.69) is 39.7 Å². The van der Waals surface area contributed by atoms with Crippen molar-refractivity contribution in [2.75, 3.05) is 5.32 Å². The van der Waals surface area contributed by atoms with Crippen LogP contribution in [-0.4, -0.2) is 21.3 Å². The van der Waals surface area contributed by atoms with Crippen LogP contribution >= 0.6 is 23.1 Å². The van der Waals surface area contributed by atoms with Gasteiger partial charge in [-0.2, -0.15) is 0 Å². The lowest BCUT2D eigenvalue weighted by molar-refractivity contribution is 0.102. The van der Waals surface area contributed by atoms with Crippen LogP contribution in [0.15, 0.2) is 63.5 Å². The van der Waals surface area contributed by atoms with E-state index >= 15 is 0 Å². The van der Waals surface area contributed by atoms with Crippen molar-refractivity contribution in [1.82, 2.24) is 15.4 Å². The molecule has 8 heteroatoms. The minimum atomic E-state index is -0.311. The van der Waals surface area contributed by atoms with Crippen LogP contribution in [0, 0.1) is 13.8 Å². The summed E-state index contributed by atoms with van der Waals surface area (Å²) in [7, 11) is 0. The quantitative estimate of drug-likeness (QED) is 0.333. The number of nitrogens with one attached hydrogen (secondary N) is 1. The summed E-state index contributed by atoms with van der Waals surface area (Å²) in [4.78, 5) is 12.8. The van der Waals surface area contributed by atoms with Crippen molar-refractivity contribution in [2.24, 2.45) is 0 Å². The predicted octanol–water partition coefficient (Wildman–Crippen LogP) is 5.35. The third-order valence-corrected chi connectivity index (χ3v) is 6.39. The smallest absolute Gasteiger partial charge is 0.263 e. The molecule has 0 fully saturated rings. The van der Waals surface area contributed by atoms with Gasteiger partial charge in [-0.15, -0.1) is 10.2 Å². The summed E-state index contributed by atoms with van der Waals surface area (Å²) in [5, 5.41) is 15.5. The lowest BCUT2D eigenvalue weighted by Crippen LogP contribution is -2.13. The summed E-state index contributed by atoms with van der Waals surface area (Å²) >= 11 is 2.95. The van der Waals surface area contributed by atoms with Gasteiger partial charge in [0, 0.05) is 11.3 Å². The highest BCUT2D eigenvalue weighted by Gasteiger charge is 2.23. The molecule has 2 heterocycles. The molecule has 0 radical (unpaired) electrons. The van der Waals surface area contributed by atoms with Crippen molar-refractivity contribution in [3.05, 3.63) is 77.0 Å². The van der Waals surface area contributed by atoms with Crippen LogP contribution in [0.25, 0.3) is 11.3 Å². The molecular weight excluding hydrogens is 404 g/mol. The molecule has 0 bridgehead atoms. The van der Waals surface area contributed by atoms with E-state index in [1.165, 1.54) is 22.5 Å². The van der Waals surface area contributed by atoms with E-state index in [4.69, 9.17) is 4.52 Å². The zero-order chi connectivity index (χ0) is 20.2.